The van der Waals surface area contributed by atoms with Crippen LogP contribution in [0.15, 0.2) is 58.5 Å². The second-order valence-corrected chi connectivity index (χ2v) is 8.32. The Balaban J connectivity index is 1.78. The molecule has 8 nitrogen and oxygen atoms in total. The van der Waals surface area contributed by atoms with Crippen LogP contribution in [-0.4, -0.2) is 32.2 Å². The molecule has 3 N–H and O–H groups in total. The number of amides is 2. The van der Waals surface area contributed by atoms with Crippen molar-refractivity contribution in [2.45, 2.75) is 44.0 Å². The number of hydrogen-bond donors (Lipinski definition) is 3. The van der Waals surface area contributed by atoms with Crippen LogP contribution in [0.3, 0.4) is 0 Å². The number of aromatic nitrogens is 3. The van der Waals surface area contributed by atoms with Crippen molar-refractivity contribution in [3.05, 3.63) is 64.4 Å². The molecule has 9 heteroatoms. The van der Waals surface area contributed by atoms with Crippen LogP contribution in [0.2, 0.25) is 0 Å². The van der Waals surface area contributed by atoms with Crippen molar-refractivity contribution >= 4 is 35.0 Å². The maximum atomic E-state index is 12.7. The number of carbonyl (C=O) groups excluding carboxylic acids is 2. The predicted octanol–water partition coefficient (Wildman–Crippen LogP) is 4.00. The lowest BCUT2D eigenvalue weighted by Gasteiger charge is -2.14. The number of carbonyl (C=O) groups is 2. The number of nitrogens with zero attached hydrogens (tertiary/aromatic N) is 2. The Morgan fingerprint density at radius 3 is 2.53 bits per heavy atom. The number of hydrogen-bond acceptors (Lipinski definition) is 6. The van der Waals surface area contributed by atoms with Gasteiger partial charge < -0.3 is 10.6 Å². The van der Waals surface area contributed by atoms with Crippen LogP contribution < -0.4 is 16.2 Å². The molecule has 1 heterocycles. The third-order valence-corrected chi connectivity index (χ3v) is 5.90. The summed E-state index contributed by atoms with van der Waals surface area (Å²) < 4.78 is 0. The molecule has 1 atom stereocenters. The van der Waals surface area contributed by atoms with Gasteiger partial charge in [0.05, 0.1) is 10.9 Å². The lowest BCUT2D eigenvalue weighted by Crippen LogP contribution is -2.25. The molecule has 0 fully saturated rings. The zero-order chi connectivity index (χ0) is 23.1. The van der Waals surface area contributed by atoms with E-state index >= 15 is 0 Å². The van der Waals surface area contributed by atoms with E-state index in [0.717, 1.165) is 23.0 Å². The molecule has 0 spiro atoms. The number of rotatable bonds is 8. The van der Waals surface area contributed by atoms with Gasteiger partial charge in [0.15, 0.2) is 10.9 Å². The summed E-state index contributed by atoms with van der Waals surface area (Å²) in [6.45, 7) is 5.59. The molecule has 2 aromatic carbocycles. The zero-order valence-electron chi connectivity index (χ0n) is 18.1. The summed E-state index contributed by atoms with van der Waals surface area (Å²) in [5.41, 5.74) is 2.38. The minimum atomic E-state index is -0.456. The Bertz CT molecular complexity index is 1180. The van der Waals surface area contributed by atoms with Crippen molar-refractivity contribution in [2.24, 2.45) is 0 Å². The van der Waals surface area contributed by atoms with Crippen LogP contribution in [0.4, 0.5) is 11.4 Å². The van der Waals surface area contributed by atoms with E-state index < -0.39 is 10.8 Å². The first-order valence-electron chi connectivity index (χ1n) is 10.3. The van der Waals surface area contributed by atoms with Crippen molar-refractivity contribution in [3.63, 3.8) is 0 Å². The molecule has 166 valence electrons. The fourth-order valence-corrected chi connectivity index (χ4v) is 3.83. The second-order valence-electron chi connectivity index (χ2n) is 7.13. The van der Waals surface area contributed by atoms with Gasteiger partial charge in [0.2, 0.25) is 11.8 Å². The Hall–Kier alpha value is -3.46. The highest BCUT2D eigenvalue weighted by Gasteiger charge is 2.21. The number of aromatic amines is 1. The largest absolute Gasteiger partial charge is 0.325 e. The van der Waals surface area contributed by atoms with Crippen LogP contribution >= 0.6 is 11.8 Å². The van der Waals surface area contributed by atoms with Gasteiger partial charge in [-0.05, 0) is 37.1 Å². The van der Waals surface area contributed by atoms with E-state index in [0.29, 0.717) is 24.1 Å². The molecule has 0 aliphatic heterocycles. The number of H-pyrrole nitrogens is 1. The fourth-order valence-electron chi connectivity index (χ4n) is 2.99. The van der Waals surface area contributed by atoms with Crippen molar-refractivity contribution in [1.82, 2.24) is 15.2 Å². The number of aryl methyl sites for hydroxylation is 1. The molecule has 0 saturated heterocycles. The third kappa shape index (κ3) is 5.82. The van der Waals surface area contributed by atoms with Gasteiger partial charge in [0.25, 0.3) is 5.56 Å². The number of nitrogens with one attached hydrogen (secondary N) is 3. The third-order valence-electron chi connectivity index (χ3n) is 4.66. The van der Waals surface area contributed by atoms with Crippen molar-refractivity contribution in [1.29, 1.82) is 0 Å². The molecule has 0 aliphatic rings. The molecule has 2 amide bonds. The molecule has 0 saturated carbocycles. The van der Waals surface area contributed by atoms with Gasteiger partial charge in [-0.3, -0.25) is 19.4 Å². The highest BCUT2D eigenvalue weighted by molar-refractivity contribution is 8.00. The summed E-state index contributed by atoms with van der Waals surface area (Å²) in [5.74, 6) is -0.345. The first-order chi connectivity index (χ1) is 15.4. The maximum absolute atomic E-state index is 12.7. The van der Waals surface area contributed by atoms with E-state index in [4.69, 9.17) is 0 Å². The van der Waals surface area contributed by atoms with Crippen LogP contribution in [0, 0.1) is 6.92 Å². The van der Waals surface area contributed by atoms with E-state index in [1.165, 1.54) is 0 Å². The van der Waals surface area contributed by atoms with Gasteiger partial charge in [0, 0.05) is 17.7 Å². The van der Waals surface area contributed by atoms with Gasteiger partial charge in [-0.25, -0.2) is 0 Å². The number of anilines is 2. The quantitative estimate of drug-likeness (QED) is 0.446. The van der Waals surface area contributed by atoms with E-state index in [1.54, 1.807) is 31.2 Å². The first-order valence-corrected chi connectivity index (χ1v) is 11.2. The Kier molecular flexibility index (Phi) is 7.77. The summed E-state index contributed by atoms with van der Waals surface area (Å²) in [4.78, 5) is 39.9. The average molecular weight is 452 g/mol. The summed E-state index contributed by atoms with van der Waals surface area (Å²) in [6.07, 6.45) is 0.856. The lowest BCUT2D eigenvalue weighted by atomic mass is 10.1. The molecule has 0 unspecified atom stereocenters. The molecule has 3 rings (SSSR count). The Morgan fingerprint density at radius 2 is 1.84 bits per heavy atom. The standard InChI is InChI=1S/C23H25N5O3S/c1-4-18(21(30)24-15-10-8-9-14(3)13-15)32-23-26-22(31)20(27-28-23)16-11-6-7-12-17(16)25-19(29)5-2/h6-13,18H,4-5H2,1-3H3,(H,24,30)(H,25,29)(H,26,28,31)/t18-/m1/s1. The monoisotopic (exact) mass is 451 g/mol. The highest BCUT2D eigenvalue weighted by atomic mass is 32.2. The van der Waals surface area contributed by atoms with E-state index in [9.17, 15) is 14.4 Å². The smallest absolute Gasteiger partial charge is 0.278 e. The van der Waals surface area contributed by atoms with Gasteiger partial charge in [-0.1, -0.05) is 55.9 Å². The SMILES string of the molecule is CCC(=O)Nc1ccccc1-c1nnc(S[C@H](CC)C(=O)Nc2cccc(C)c2)[nH]c1=O. The van der Waals surface area contributed by atoms with E-state index in [2.05, 4.69) is 25.8 Å². The molecule has 0 radical (unpaired) electrons. The van der Waals surface area contributed by atoms with E-state index in [-0.39, 0.29) is 22.7 Å². The normalized spacial score (nSPS) is 11.6. The van der Waals surface area contributed by atoms with Crippen LogP contribution in [-0.2, 0) is 9.59 Å². The molecule has 1 aromatic heterocycles. The van der Waals surface area contributed by atoms with Crippen LogP contribution in [0.5, 0.6) is 0 Å². The predicted molar refractivity (Wildman–Crippen MR) is 127 cm³/mol. The molecule has 0 aliphatic carbocycles. The van der Waals surface area contributed by atoms with Gasteiger partial charge in [0.1, 0.15) is 0 Å². The lowest BCUT2D eigenvalue weighted by molar-refractivity contribution is -0.116. The minimum Gasteiger partial charge on any atom is -0.325 e. The summed E-state index contributed by atoms with van der Waals surface area (Å²) in [5, 5.41) is 13.7. The average Bonchev–Trinajstić information content (AvgIpc) is 2.78. The first kappa shape index (κ1) is 23.2. The van der Waals surface area contributed by atoms with Crippen molar-refractivity contribution < 1.29 is 9.59 Å². The topological polar surface area (TPSA) is 117 Å². The van der Waals surface area contributed by atoms with Crippen LogP contribution in [0.25, 0.3) is 11.3 Å². The molecular formula is C23H25N5O3S. The maximum Gasteiger partial charge on any atom is 0.278 e. The minimum absolute atomic E-state index is 0.0959. The Morgan fingerprint density at radius 1 is 1.06 bits per heavy atom. The fraction of sp³-hybridized carbons (Fsp3) is 0.261. The summed E-state index contributed by atoms with van der Waals surface area (Å²) >= 11 is 1.15. The van der Waals surface area contributed by atoms with Gasteiger partial charge in [-0.2, -0.15) is 0 Å². The van der Waals surface area contributed by atoms with E-state index in [1.807, 2.05) is 38.1 Å². The number of thioether (sulfide) groups is 1. The molecule has 0 bridgehead atoms. The van der Waals surface area contributed by atoms with Gasteiger partial charge in [-0.15, -0.1) is 10.2 Å². The summed E-state index contributed by atoms with van der Waals surface area (Å²) in [7, 11) is 0. The Labute approximate surface area is 190 Å². The second kappa shape index (κ2) is 10.7. The molecular weight excluding hydrogens is 426 g/mol. The van der Waals surface area contributed by atoms with Crippen molar-refractivity contribution in [2.75, 3.05) is 10.6 Å². The van der Waals surface area contributed by atoms with Crippen molar-refractivity contribution in [3.8, 4) is 11.3 Å². The van der Waals surface area contributed by atoms with Crippen LogP contribution in [0.1, 0.15) is 32.3 Å². The zero-order valence-corrected chi connectivity index (χ0v) is 19.0. The van der Waals surface area contributed by atoms with Gasteiger partial charge >= 0.3 is 0 Å². The highest BCUT2D eigenvalue weighted by Crippen LogP contribution is 2.26. The number of benzene rings is 2. The summed E-state index contributed by atoms with van der Waals surface area (Å²) in [6, 6.07) is 14.5. The molecule has 3 aromatic rings. The number of para-hydroxylation sites is 1. The molecule has 32 heavy (non-hydrogen) atoms.